The minimum Gasteiger partial charge on any atom is -0.390 e. The number of aliphatic hydroxyl groups is 2. The summed E-state index contributed by atoms with van der Waals surface area (Å²) in [7, 11) is 0. The third kappa shape index (κ3) is 1.38. The molecule has 0 aliphatic carbocycles. The van der Waals surface area contributed by atoms with E-state index < -0.39 is 18.5 Å². The molecule has 2 heterocycles. The molecule has 2 aliphatic heterocycles. The van der Waals surface area contributed by atoms with Gasteiger partial charge in [0.05, 0.1) is 12.7 Å². The first kappa shape index (κ1) is 9.40. The maximum Gasteiger partial charge on any atom is 0.184 e. The largest absolute Gasteiger partial charge is 0.390 e. The summed E-state index contributed by atoms with van der Waals surface area (Å²) in [5.74, 6) is 0.104. The first-order chi connectivity index (χ1) is 6.11. The lowest BCUT2D eigenvalue weighted by atomic mass is 9.82. The summed E-state index contributed by atoms with van der Waals surface area (Å²) in [6.07, 6.45) is -2.08. The molecule has 0 amide bonds. The van der Waals surface area contributed by atoms with Gasteiger partial charge in [-0.2, -0.15) is 0 Å². The van der Waals surface area contributed by atoms with Gasteiger partial charge in [-0.3, -0.25) is 0 Å². The van der Waals surface area contributed by atoms with Crippen molar-refractivity contribution in [2.24, 2.45) is 11.8 Å². The monoisotopic (exact) mass is 188 g/mol. The van der Waals surface area contributed by atoms with Crippen LogP contribution in [0, 0.1) is 11.8 Å². The van der Waals surface area contributed by atoms with Crippen molar-refractivity contribution in [1.29, 1.82) is 0 Å². The zero-order valence-electron chi connectivity index (χ0n) is 7.88. The highest BCUT2D eigenvalue weighted by atomic mass is 16.7. The number of rotatable bonds is 1. The number of ether oxygens (including phenoxy) is 2. The van der Waals surface area contributed by atoms with Crippen LogP contribution >= 0.6 is 0 Å². The first-order valence-corrected chi connectivity index (χ1v) is 4.74. The summed E-state index contributed by atoms with van der Waals surface area (Å²) in [6, 6.07) is 0. The summed E-state index contributed by atoms with van der Waals surface area (Å²) in [4.78, 5) is 0. The summed E-state index contributed by atoms with van der Waals surface area (Å²) in [5, 5.41) is 19.6. The lowest BCUT2D eigenvalue weighted by Crippen LogP contribution is -2.51. The van der Waals surface area contributed by atoms with Crippen LogP contribution < -0.4 is 0 Å². The van der Waals surface area contributed by atoms with Gasteiger partial charge < -0.3 is 19.7 Å². The van der Waals surface area contributed by atoms with Crippen molar-refractivity contribution in [2.45, 2.75) is 38.4 Å². The normalized spacial score (nSPS) is 50.1. The van der Waals surface area contributed by atoms with E-state index in [4.69, 9.17) is 9.47 Å². The van der Waals surface area contributed by atoms with Gasteiger partial charge in [0, 0.05) is 5.92 Å². The second-order valence-electron chi connectivity index (χ2n) is 4.18. The zero-order valence-corrected chi connectivity index (χ0v) is 7.88. The van der Waals surface area contributed by atoms with Crippen LogP contribution in [0.5, 0.6) is 0 Å². The fourth-order valence-electron chi connectivity index (χ4n) is 2.22. The maximum atomic E-state index is 9.83. The molecule has 0 saturated carbocycles. The molecule has 2 N–H and O–H groups in total. The third-order valence-corrected chi connectivity index (χ3v) is 2.95. The van der Waals surface area contributed by atoms with Gasteiger partial charge in [-0.05, 0) is 5.92 Å². The number of aliphatic hydroxyl groups excluding tert-OH is 2. The Morgan fingerprint density at radius 1 is 1.23 bits per heavy atom. The van der Waals surface area contributed by atoms with Crippen molar-refractivity contribution in [2.75, 3.05) is 6.61 Å². The fraction of sp³-hybridized carbons (Fsp3) is 1.00. The van der Waals surface area contributed by atoms with E-state index >= 15 is 0 Å². The molecule has 0 spiro atoms. The van der Waals surface area contributed by atoms with E-state index in [9.17, 15) is 10.2 Å². The molecular weight excluding hydrogens is 172 g/mol. The summed E-state index contributed by atoms with van der Waals surface area (Å²) in [5.41, 5.74) is 0. The second-order valence-corrected chi connectivity index (χ2v) is 4.18. The minimum absolute atomic E-state index is 0.133. The van der Waals surface area contributed by atoms with Gasteiger partial charge in [0.2, 0.25) is 0 Å². The Morgan fingerprint density at radius 2 is 1.92 bits per heavy atom. The molecule has 76 valence electrons. The lowest BCUT2D eigenvalue weighted by Gasteiger charge is -2.38. The van der Waals surface area contributed by atoms with Crippen LogP contribution in [0.25, 0.3) is 0 Å². The molecular formula is C9H16O4. The predicted molar refractivity (Wildman–Crippen MR) is 45.0 cm³/mol. The van der Waals surface area contributed by atoms with Gasteiger partial charge in [-0.15, -0.1) is 0 Å². The van der Waals surface area contributed by atoms with Crippen molar-refractivity contribution in [3.8, 4) is 0 Å². The van der Waals surface area contributed by atoms with E-state index in [1.165, 1.54) is 0 Å². The summed E-state index contributed by atoms with van der Waals surface area (Å²) < 4.78 is 10.5. The quantitative estimate of drug-likeness (QED) is 0.595. The van der Waals surface area contributed by atoms with E-state index in [0.717, 1.165) is 0 Å². The highest BCUT2D eigenvalue weighted by Crippen LogP contribution is 2.35. The molecule has 0 unspecified atom stereocenters. The molecule has 4 nitrogen and oxygen atoms in total. The molecule has 2 bridgehead atoms. The maximum absolute atomic E-state index is 9.83. The Labute approximate surface area is 77.5 Å². The minimum atomic E-state index is -0.700. The number of hydrogen-bond donors (Lipinski definition) is 2. The number of fused-ring (bicyclic) bond motifs is 2. The molecule has 0 radical (unpaired) electrons. The Hall–Kier alpha value is -0.160. The Bertz CT molecular complexity index is 178. The molecule has 2 fully saturated rings. The molecule has 0 aromatic rings. The predicted octanol–water partition coefficient (Wildman–Crippen LogP) is -0.265. The molecule has 2 saturated heterocycles. The van der Waals surface area contributed by atoms with Crippen LogP contribution in [-0.2, 0) is 9.47 Å². The van der Waals surface area contributed by atoms with Crippen LogP contribution in [0.3, 0.4) is 0 Å². The van der Waals surface area contributed by atoms with E-state index in [1.54, 1.807) is 0 Å². The zero-order chi connectivity index (χ0) is 9.59. The topological polar surface area (TPSA) is 58.9 Å². The fourth-order valence-corrected chi connectivity index (χ4v) is 2.22. The lowest BCUT2D eigenvalue weighted by molar-refractivity contribution is -0.216. The number of hydrogen-bond acceptors (Lipinski definition) is 4. The van der Waals surface area contributed by atoms with Crippen molar-refractivity contribution >= 4 is 0 Å². The third-order valence-electron chi connectivity index (χ3n) is 2.95. The van der Waals surface area contributed by atoms with Gasteiger partial charge in [-0.25, -0.2) is 0 Å². The molecule has 0 aromatic heterocycles. The van der Waals surface area contributed by atoms with Crippen LogP contribution in [0.2, 0.25) is 0 Å². The summed E-state index contributed by atoms with van der Waals surface area (Å²) >= 11 is 0. The van der Waals surface area contributed by atoms with Crippen LogP contribution in [0.15, 0.2) is 0 Å². The van der Waals surface area contributed by atoms with Crippen molar-refractivity contribution in [3.63, 3.8) is 0 Å². The smallest absolute Gasteiger partial charge is 0.184 e. The SMILES string of the molecule is CC(C)[C@H]1[C@H](O)[C@@H]2OC[C@@H](O2)[C@@H]1O. The van der Waals surface area contributed by atoms with Crippen molar-refractivity contribution < 1.29 is 19.7 Å². The van der Waals surface area contributed by atoms with Gasteiger partial charge in [0.1, 0.15) is 12.2 Å². The highest BCUT2D eigenvalue weighted by Gasteiger charge is 2.50. The van der Waals surface area contributed by atoms with Crippen LogP contribution in [-0.4, -0.2) is 41.4 Å². The molecule has 13 heavy (non-hydrogen) atoms. The second kappa shape index (κ2) is 3.20. The van der Waals surface area contributed by atoms with Crippen molar-refractivity contribution in [1.82, 2.24) is 0 Å². The summed E-state index contributed by atoms with van der Waals surface area (Å²) in [6.45, 7) is 4.37. The van der Waals surface area contributed by atoms with E-state index in [0.29, 0.717) is 6.61 Å². The van der Waals surface area contributed by atoms with Gasteiger partial charge in [0.15, 0.2) is 6.29 Å². The molecule has 2 rings (SSSR count). The average Bonchev–Trinajstić information content (AvgIpc) is 2.46. The van der Waals surface area contributed by atoms with E-state index in [1.807, 2.05) is 13.8 Å². The van der Waals surface area contributed by atoms with Gasteiger partial charge in [0.25, 0.3) is 0 Å². The molecule has 2 aliphatic rings. The Morgan fingerprint density at radius 3 is 2.54 bits per heavy atom. The standard InChI is InChI=1S/C9H16O4/c1-4(2)6-7(10)5-3-12-9(13-5)8(6)11/h4-11H,3H2,1-2H3/t5-,6-,7+,8+,9-/m1/s1. The van der Waals surface area contributed by atoms with Crippen molar-refractivity contribution in [3.05, 3.63) is 0 Å². The Balaban J connectivity index is 2.17. The van der Waals surface area contributed by atoms with Crippen LogP contribution in [0.4, 0.5) is 0 Å². The Kier molecular flexibility index (Phi) is 2.32. The highest BCUT2D eigenvalue weighted by molar-refractivity contribution is 4.93. The van der Waals surface area contributed by atoms with Gasteiger partial charge in [-0.1, -0.05) is 13.8 Å². The molecule has 4 heteroatoms. The van der Waals surface area contributed by atoms with Crippen LogP contribution in [0.1, 0.15) is 13.8 Å². The average molecular weight is 188 g/mol. The first-order valence-electron chi connectivity index (χ1n) is 4.74. The molecule has 0 aromatic carbocycles. The van der Waals surface area contributed by atoms with E-state index in [2.05, 4.69) is 0 Å². The van der Waals surface area contributed by atoms with Gasteiger partial charge >= 0.3 is 0 Å². The van der Waals surface area contributed by atoms with E-state index in [-0.39, 0.29) is 17.9 Å². The molecule has 5 atom stereocenters.